The van der Waals surface area contributed by atoms with E-state index in [1.54, 1.807) is 42.5 Å². The van der Waals surface area contributed by atoms with Crippen LogP contribution >= 0.6 is 0 Å². The number of carbonyl (C=O) groups excluding carboxylic acids is 2. The summed E-state index contributed by atoms with van der Waals surface area (Å²) in [5.41, 5.74) is 0. The highest BCUT2D eigenvalue weighted by molar-refractivity contribution is 5.77. The van der Waals surface area contributed by atoms with E-state index in [0.717, 1.165) is 31.7 Å². The summed E-state index contributed by atoms with van der Waals surface area (Å²) in [6.07, 6.45) is 7.95. The summed E-state index contributed by atoms with van der Waals surface area (Å²) in [7, 11) is 3.32. The van der Waals surface area contributed by atoms with Gasteiger partial charge in [-0.15, -0.1) is 0 Å². The molecule has 4 heterocycles. The molecule has 2 amide bonds. The first-order valence-corrected chi connectivity index (χ1v) is 10.4. The van der Waals surface area contributed by atoms with Gasteiger partial charge in [-0.1, -0.05) is 0 Å². The standard InChI is InChI=1S/C20H27N7O4/c1-24(15-4-9-25(10-5-15)17-3-7-22-18(23-17)30-2)20(29)31-16-6-11-26(13-16)19(28)27-12-8-21-14-27/h3,7-8,12,14-16H,4-6,9-11,13H2,1-2H3. The lowest BCUT2D eigenvalue weighted by atomic mass is 10.0. The van der Waals surface area contributed by atoms with Crippen molar-refractivity contribution < 1.29 is 19.1 Å². The molecule has 31 heavy (non-hydrogen) atoms. The molecule has 0 N–H and O–H groups in total. The minimum absolute atomic E-state index is 0.0950. The fourth-order valence-electron chi connectivity index (χ4n) is 4.00. The summed E-state index contributed by atoms with van der Waals surface area (Å²) in [6, 6.07) is 2.14. The van der Waals surface area contributed by atoms with Crippen LogP contribution in [0, 0.1) is 0 Å². The number of imidazole rings is 1. The summed E-state index contributed by atoms with van der Waals surface area (Å²) in [6.45, 7) is 2.50. The summed E-state index contributed by atoms with van der Waals surface area (Å²) in [4.78, 5) is 42.9. The predicted molar refractivity (Wildman–Crippen MR) is 111 cm³/mol. The molecule has 2 fully saturated rings. The lowest BCUT2D eigenvalue weighted by Gasteiger charge is -2.37. The van der Waals surface area contributed by atoms with Gasteiger partial charge in [-0.2, -0.15) is 4.98 Å². The molecule has 2 aliphatic rings. The van der Waals surface area contributed by atoms with E-state index < -0.39 is 0 Å². The third kappa shape index (κ3) is 4.70. The predicted octanol–water partition coefficient (Wildman–Crippen LogP) is 1.46. The van der Waals surface area contributed by atoms with Gasteiger partial charge in [0.1, 0.15) is 18.2 Å². The monoisotopic (exact) mass is 429 g/mol. The number of hydrogen-bond donors (Lipinski definition) is 0. The zero-order valence-electron chi connectivity index (χ0n) is 17.8. The van der Waals surface area contributed by atoms with E-state index in [9.17, 15) is 9.59 Å². The molecule has 0 bridgehead atoms. The van der Waals surface area contributed by atoms with Gasteiger partial charge >= 0.3 is 18.1 Å². The number of rotatable bonds is 4. The average Bonchev–Trinajstić information content (AvgIpc) is 3.51. The molecule has 11 nitrogen and oxygen atoms in total. The van der Waals surface area contributed by atoms with Crippen molar-refractivity contribution in [3.05, 3.63) is 31.0 Å². The zero-order chi connectivity index (χ0) is 21.8. The molecule has 4 rings (SSSR count). The van der Waals surface area contributed by atoms with E-state index in [-0.39, 0.29) is 24.3 Å². The van der Waals surface area contributed by atoms with E-state index in [1.807, 2.05) is 6.07 Å². The van der Waals surface area contributed by atoms with Crippen LogP contribution in [0.3, 0.4) is 0 Å². The Bertz CT molecular complexity index is 899. The Morgan fingerprint density at radius 3 is 2.68 bits per heavy atom. The number of anilines is 1. The Morgan fingerprint density at radius 2 is 1.97 bits per heavy atom. The first-order chi connectivity index (χ1) is 15.0. The molecular formula is C20H27N7O4. The third-order valence-corrected chi connectivity index (χ3v) is 5.83. The molecule has 0 spiro atoms. The summed E-state index contributed by atoms with van der Waals surface area (Å²) >= 11 is 0. The van der Waals surface area contributed by atoms with Crippen LogP contribution in [0.1, 0.15) is 19.3 Å². The fourth-order valence-corrected chi connectivity index (χ4v) is 4.00. The van der Waals surface area contributed by atoms with Crippen molar-refractivity contribution in [3.63, 3.8) is 0 Å². The smallest absolute Gasteiger partial charge is 0.410 e. The Morgan fingerprint density at radius 1 is 1.16 bits per heavy atom. The molecule has 0 saturated carbocycles. The minimum atomic E-state index is -0.343. The highest BCUT2D eigenvalue weighted by Crippen LogP contribution is 2.23. The van der Waals surface area contributed by atoms with Crippen molar-refractivity contribution in [2.45, 2.75) is 31.4 Å². The fraction of sp³-hybridized carbons (Fsp3) is 0.550. The first-order valence-electron chi connectivity index (χ1n) is 10.4. The largest absolute Gasteiger partial charge is 0.467 e. The molecule has 166 valence electrons. The second-order valence-electron chi connectivity index (χ2n) is 7.72. The van der Waals surface area contributed by atoms with Crippen molar-refractivity contribution in [2.75, 3.05) is 45.2 Å². The quantitative estimate of drug-likeness (QED) is 0.719. The topological polar surface area (TPSA) is 106 Å². The number of likely N-dealkylation sites (tertiary alicyclic amines) is 1. The SMILES string of the molecule is COc1nccc(N2CCC(N(C)C(=O)OC3CCN(C(=O)n4ccnc4)C3)CC2)n1. The Balaban J connectivity index is 1.25. The van der Waals surface area contributed by atoms with Crippen LogP contribution in [0.2, 0.25) is 0 Å². The van der Waals surface area contributed by atoms with Crippen LogP contribution < -0.4 is 9.64 Å². The van der Waals surface area contributed by atoms with Gasteiger partial charge in [0.2, 0.25) is 0 Å². The van der Waals surface area contributed by atoms with E-state index >= 15 is 0 Å². The Kier molecular flexibility index (Phi) is 6.19. The van der Waals surface area contributed by atoms with E-state index in [1.165, 1.54) is 10.9 Å². The van der Waals surface area contributed by atoms with Gasteiger partial charge < -0.3 is 24.2 Å². The molecule has 0 aliphatic carbocycles. The second kappa shape index (κ2) is 9.19. The molecule has 0 radical (unpaired) electrons. The lowest BCUT2D eigenvalue weighted by Crippen LogP contribution is -2.46. The number of amides is 2. The van der Waals surface area contributed by atoms with E-state index in [4.69, 9.17) is 9.47 Å². The van der Waals surface area contributed by atoms with Crippen LogP contribution in [-0.4, -0.2) is 93.9 Å². The number of hydrogen-bond acceptors (Lipinski definition) is 8. The van der Waals surface area contributed by atoms with Gasteiger partial charge in [0.25, 0.3) is 0 Å². The van der Waals surface area contributed by atoms with Gasteiger partial charge in [-0.05, 0) is 18.9 Å². The number of aromatic nitrogens is 4. The molecule has 2 saturated heterocycles. The molecule has 2 aliphatic heterocycles. The van der Waals surface area contributed by atoms with Crippen LogP contribution in [-0.2, 0) is 4.74 Å². The third-order valence-electron chi connectivity index (χ3n) is 5.83. The first kappa shape index (κ1) is 20.9. The van der Waals surface area contributed by atoms with Crippen molar-refractivity contribution in [1.29, 1.82) is 0 Å². The van der Waals surface area contributed by atoms with Crippen LogP contribution in [0.4, 0.5) is 15.4 Å². The van der Waals surface area contributed by atoms with Gasteiger partial charge in [0.15, 0.2) is 0 Å². The van der Waals surface area contributed by atoms with E-state index in [0.29, 0.717) is 25.5 Å². The molecule has 1 atom stereocenters. The maximum absolute atomic E-state index is 12.7. The summed E-state index contributed by atoms with van der Waals surface area (Å²) in [5, 5.41) is 0. The number of ether oxygens (including phenoxy) is 2. The lowest BCUT2D eigenvalue weighted by molar-refractivity contribution is 0.0594. The molecule has 11 heteroatoms. The second-order valence-corrected chi connectivity index (χ2v) is 7.72. The van der Waals surface area contributed by atoms with Crippen molar-refractivity contribution >= 4 is 17.9 Å². The van der Waals surface area contributed by atoms with Crippen LogP contribution in [0.15, 0.2) is 31.0 Å². The Hall–Kier alpha value is -3.37. The number of nitrogens with zero attached hydrogens (tertiary/aromatic N) is 7. The van der Waals surface area contributed by atoms with Crippen molar-refractivity contribution in [3.8, 4) is 6.01 Å². The van der Waals surface area contributed by atoms with Gasteiger partial charge in [0.05, 0.1) is 13.7 Å². The maximum atomic E-state index is 12.7. The summed E-state index contributed by atoms with van der Waals surface area (Å²) < 4.78 is 12.2. The summed E-state index contributed by atoms with van der Waals surface area (Å²) in [5.74, 6) is 0.823. The van der Waals surface area contributed by atoms with Crippen LogP contribution in [0.25, 0.3) is 0 Å². The Labute approximate surface area is 180 Å². The normalized spacial score (nSPS) is 19.4. The molecule has 0 aromatic carbocycles. The highest BCUT2D eigenvalue weighted by Gasteiger charge is 2.32. The van der Waals surface area contributed by atoms with Gasteiger partial charge in [-0.3, -0.25) is 4.57 Å². The van der Waals surface area contributed by atoms with E-state index in [2.05, 4.69) is 19.9 Å². The minimum Gasteiger partial charge on any atom is -0.467 e. The number of piperidine rings is 1. The van der Waals surface area contributed by atoms with Gasteiger partial charge in [-0.25, -0.2) is 19.6 Å². The van der Waals surface area contributed by atoms with Gasteiger partial charge in [0, 0.05) is 57.7 Å². The zero-order valence-corrected chi connectivity index (χ0v) is 17.8. The molecule has 2 aromatic rings. The van der Waals surface area contributed by atoms with Crippen molar-refractivity contribution in [2.24, 2.45) is 0 Å². The highest BCUT2D eigenvalue weighted by atomic mass is 16.6. The maximum Gasteiger partial charge on any atom is 0.410 e. The average molecular weight is 429 g/mol. The number of carbonyl (C=O) groups is 2. The molecule has 2 aromatic heterocycles. The molecular weight excluding hydrogens is 402 g/mol. The molecule has 1 unspecified atom stereocenters. The number of methoxy groups -OCH3 is 1. The van der Waals surface area contributed by atoms with Crippen molar-refractivity contribution in [1.82, 2.24) is 29.3 Å². The van der Waals surface area contributed by atoms with Crippen LogP contribution in [0.5, 0.6) is 6.01 Å².